The van der Waals surface area contributed by atoms with E-state index in [1.165, 1.54) is 0 Å². The molecule has 0 unspecified atom stereocenters. The standard InChI is InChI=1S/C13H21FN2S/c1-15-10-11-7-12(14)9-13(8-11)16(2)5-4-6-17-3/h7-9,15H,4-6,10H2,1-3H3. The van der Waals surface area contributed by atoms with Gasteiger partial charge in [0.2, 0.25) is 0 Å². The maximum absolute atomic E-state index is 13.4. The monoisotopic (exact) mass is 256 g/mol. The molecular weight excluding hydrogens is 235 g/mol. The molecular formula is C13H21FN2S. The highest BCUT2D eigenvalue weighted by atomic mass is 32.2. The fraction of sp³-hybridized carbons (Fsp3) is 0.538. The number of anilines is 1. The topological polar surface area (TPSA) is 15.3 Å². The Morgan fingerprint density at radius 3 is 2.76 bits per heavy atom. The number of benzene rings is 1. The van der Waals surface area contributed by atoms with Crippen molar-refractivity contribution in [3.8, 4) is 0 Å². The van der Waals surface area contributed by atoms with Crippen molar-refractivity contribution in [1.82, 2.24) is 5.32 Å². The molecule has 2 nitrogen and oxygen atoms in total. The highest BCUT2D eigenvalue weighted by Gasteiger charge is 2.04. The Kier molecular flexibility index (Phi) is 6.37. The summed E-state index contributed by atoms with van der Waals surface area (Å²) in [5.74, 6) is 0.979. The summed E-state index contributed by atoms with van der Waals surface area (Å²) in [5, 5.41) is 3.04. The SMILES string of the molecule is CNCc1cc(F)cc(N(C)CCCSC)c1. The van der Waals surface area contributed by atoms with Crippen LogP contribution in [-0.2, 0) is 6.54 Å². The first kappa shape index (κ1) is 14.3. The summed E-state index contributed by atoms with van der Waals surface area (Å²) in [6, 6.07) is 5.21. The Morgan fingerprint density at radius 1 is 1.35 bits per heavy atom. The van der Waals surface area contributed by atoms with Crippen molar-refractivity contribution in [3.63, 3.8) is 0 Å². The van der Waals surface area contributed by atoms with Crippen LogP contribution in [0.1, 0.15) is 12.0 Å². The molecule has 0 radical (unpaired) electrons. The Bertz CT molecular complexity index is 344. The lowest BCUT2D eigenvalue weighted by Crippen LogP contribution is -2.19. The van der Waals surface area contributed by atoms with Crippen LogP contribution >= 0.6 is 11.8 Å². The molecule has 1 aromatic rings. The van der Waals surface area contributed by atoms with Gasteiger partial charge in [0, 0.05) is 25.8 Å². The first-order chi connectivity index (χ1) is 8.17. The largest absolute Gasteiger partial charge is 0.374 e. The smallest absolute Gasteiger partial charge is 0.125 e. The Balaban J connectivity index is 2.67. The van der Waals surface area contributed by atoms with Crippen molar-refractivity contribution in [1.29, 1.82) is 0 Å². The lowest BCUT2D eigenvalue weighted by Gasteiger charge is -2.20. The summed E-state index contributed by atoms with van der Waals surface area (Å²) in [6.07, 6.45) is 3.22. The molecule has 1 aromatic carbocycles. The van der Waals surface area contributed by atoms with Crippen LogP contribution in [0.15, 0.2) is 18.2 Å². The Labute approximate surface area is 108 Å². The quantitative estimate of drug-likeness (QED) is 0.755. The van der Waals surface area contributed by atoms with Gasteiger partial charge in [0.25, 0.3) is 0 Å². The molecule has 4 heteroatoms. The van der Waals surface area contributed by atoms with Crippen molar-refractivity contribution < 1.29 is 4.39 Å². The van der Waals surface area contributed by atoms with Gasteiger partial charge in [0.05, 0.1) is 0 Å². The van der Waals surface area contributed by atoms with E-state index in [0.29, 0.717) is 6.54 Å². The molecule has 1 N–H and O–H groups in total. The van der Waals surface area contributed by atoms with Gasteiger partial charge in [0.1, 0.15) is 5.82 Å². The summed E-state index contributed by atoms with van der Waals surface area (Å²) < 4.78 is 13.4. The van der Waals surface area contributed by atoms with Crippen LogP contribution in [-0.4, -0.2) is 32.6 Å². The number of thioether (sulfide) groups is 1. The number of halogens is 1. The van der Waals surface area contributed by atoms with Crippen LogP contribution in [0.3, 0.4) is 0 Å². The third-order valence-corrected chi connectivity index (χ3v) is 3.30. The van der Waals surface area contributed by atoms with Crippen molar-refractivity contribution >= 4 is 17.4 Å². The number of hydrogen-bond donors (Lipinski definition) is 1. The minimum atomic E-state index is -0.163. The first-order valence-corrected chi connectivity index (χ1v) is 7.21. The van der Waals surface area contributed by atoms with E-state index in [9.17, 15) is 4.39 Å². The van der Waals surface area contributed by atoms with E-state index >= 15 is 0 Å². The van der Waals surface area contributed by atoms with Crippen LogP contribution < -0.4 is 10.2 Å². The zero-order valence-corrected chi connectivity index (χ0v) is 11.6. The van der Waals surface area contributed by atoms with Gasteiger partial charge in [0.15, 0.2) is 0 Å². The lowest BCUT2D eigenvalue weighted by atomic mass is 10.1. The van der Waals surface area contributed by atoms with E-state index in [0.717, 1.165) is 30.0 Å². The molecule has 0 atom stereocenters. The third-order valence-electron chi connectivity index (χ3n) is 2.61. The predicted molar refractivity (Wildman–Crippen MR) is 75.4 cm³/mol. The van der Waals surface area contributed by atoms with Gasteiger partial charge in [-0.05, 0) is 49.2 Å². The highest BCUT2D eigenvalue weighted by molar-refractivity contribution is 7.98. The molecule has 0 spiro atoms. The summed E-state index contributed by atoms with van der Waals surface area (Å²) in [6.45, 7) is 1.66. The molecule has 0 bridgehead atoms. The zero-order chi connectivity index (χ0) is 12.7. The number of nitrogens with one attached hydrogen (secondary N) is 1. The van der Waals surface area contributed by atoms with Crippen molar-refractivity contribution in [3.05, 3.63) is 29.6 Å². The summed E-state index contributed by atoms with van der Waals surface area (Å²) in [7, 11) is 3.88. The predicted octanol–water partition coefficient (Wildman–Crippen LogP) is 2.73. The molecule has 0 fully saturated rings. The van der Waals surface area contributed by atoms with Crippen molar-refractivity contribution in [2.75, 3.05) is 37.5 Å². The van der Waals surface area contributed by atoms with Crippen LogP contribution in [0.5, 0.6) is 0 Å². The number of hydrogen-bond acceptors (Lipinski definition) is 3. The molecule has 0 amide bonds. The molecule has 0 saturated heterocycles. The van der Waals surface area contributed by atoms with Gasteiger partial charge < -0.3 is 10.2 Å². The maximum Gasteiger partial charge on any atom is 0.125 e. The van der Waals surface area contributed by atoms with Gasteiger partial charge in [-0.1, -0.05) is 0 Å². The van der Waals surface area contributed by atoms with Gasteiger partial charge in [-0.25, -0.2) is 4.39 Å². The summed E-state index contributed by atoms with van der Waals surface area (Å²) in [4.78, 5) is 2.11. The second-order valence-corrected chi connectivity index (χ2v) is 5.10. The molecule has 0 aliphatic carbocycles. The van der Waals surface area contributed by atoms with Crippen LogP contribution in [0.4, 0.5) is 10.1 Å². The number of rotatable bonds is 7. The normalized spacial score (nSPS) is 10.6. The minimum Gasteiger partial charge on any atom is -0.374 e. The average Bonchev–Trinajstić information content (AvgIpc) is 2.29. The van der Waals surface area contributed by atoms with Gasteiger partial charge in [-0.2, -0.15) is 11.8 Å². The van der Waals surface area contributed by atoms with E-state index in [1.807, 2.05) is 31.9 Å². The third kappa shape index (κ3) is 4.96. The molecule has 0 aliphatic heterocycles. The van der Waals surface area contributed by atoms with Gasteiger partial charge >= 0.3 is 0 Å². The summed E-state index contributed by atoms with van der Waals surface area (Å²) in [5.41, 5.74) is 1.94. The molecule has 17 heavy (non-hydrogen) atoms. The number of nitrogens with zero attached hydrogens (tertiary/aromatic N) is 1. The Morgan fingerprint density at radius 2 is 2.12 bits per heavy atom. The van der Waals surface area contributed by atoms with Gasteiger partial charge in [-0.15, -0.1) is 0 Å². The van der Waals surface area contributed by atoms with Gasteiger partial charge in [-0.3, -0.25) is 0 Å². The minimum absolute atomic E-state index is 0.163. The fourth-order valence-corrected chi connectivity index (χ4v) is 2.15. The molecule has 0 aliphatic rings. The molecule has 1 rings (SSSR count). The van der Waals surface area contributed by atoms with E-state index < -0.39 is 0 Å². The van der Waals surface area contributed by atoms with Crippen LogP contribution in [0.2, 0.25) is 0 Å². The van der Waals surface area contributed by atoms with E-state index in [1.54, 1.807) is 12.1 Å². The maximum atomic E-state index is 13.4. The zero-order valence-electron chi connectivity index (χ0n) is 10.8. The van der Waals surface area contributed by atoms with E-state index in [2.05, 4.69) is 16.5 Å². The first-order valence-electron chi connectivity index (χ1n) is 5.81. The van der Waals surface area contributed by atoms with E-state index in [-0.39, 0.29) is 5.82 Å². The highest BCUT2D eigenvalue weighted by Crippen LogP contribution is 2.18. The van der Waals surface area contributed by atoms with Crippen LogP contribution in [0.25, 0.3) is 0 Å². The molecule has 96 valence electrons. The molecule has 0 heterocycles. The van der Waals surface area contributed by atoms with Crippen LogP contribution in [0, 0.1) is 5.82 Å². The average molecular weight is 256 g/mol. The molecule has 0 aromatic heterocycles. The Hall–Kier alpha value is -0.740. The second kappa shape index (κ2) is 7.56. The van der Waals surface area contributed by atoms with E-state index in [4.69, 9.17) is 0 Å². The van der Waals surface area contributed by atoms with Crippen molar-refractivity contribution in [2.24, 2.45) is 0 Å². The lowest BCUT2D eigenvalue weighted by molar-refractivity contribution is 0.623. The summed E-state index contributed by atoms with van der Waals surface area (Å²) >= 11 is 1.84. The fourth-order valence-electron chi connectivity index (χ4n) is 1.74. The van der Waals surface area contributed by atoms with Crippen molar-refractivity contribution in [2.45, 2.75) is 13.0 Å². The second-order valence-electron chi connectivity index (χ2n) is 4.12. The molecule has 0 saturated carbocycles.